The van der Waals surface area contributed by atoms with Gasteiger partial charge in [-0.05, 0) is 40.6 Å². The van der Waals surface area contributed by atoms with Crippen LogP contribution in [0.2, 0.25) is 0 Å². The molecule has 4 heteroatoms. The number of phenolic OH excluding ortho intramolecular Hbond substituents is 1. The van der Waals surface area contributed by atoms with E-state index in [0.29, 0.717) is 0 Å². The number of halogens is 1. The van der Waals surface area contributed by atoms with Crippen molar-refractivity contribution in [2.75, 3.05) is 0 Å². The van der Waals surface area contributed by atoms with Crippen LogP contribution in [0.3, 0.4) is 0 Å². The Morgan fingerprint density at radius 3 is 2.80 bits per heavy atom. The first-order valence-electron chi connectivity index (χ1n) is 4.44. The molecule has 0 aliphatic carbocycles. The molecule has 0 bridgehead atoms. The summed E-state index contributed by atoms with van der Waals surface area (Å²) in [5.74, 6) is 0.233. The van der Waals surface area contributed by atoms with Gasteiger partial charge in [0.1, 0.15) is 5.75 Å². The van der Waals surface area contributed by atoms with Crippen LogP contribution in [0, 0.1) is 0 Å². The van der Waals surface area contributed by atoms with Gasteiger partial charge in [0.15, 0.2) is 0 Å². The van der Waals surface area contributed by atoms with Crippen molar-refractivity contribution in [2.45, 2.75) is 6.04 Å². The molecule has 2 aromatic rings. The molecule has 1 aromatic heterocycles. The predicted octanol–water partition coefficient (Wildman–Crippen LogP) is 3.26. The van der Waals surface area contributed by atoms with E-state index < -0.39 is 0 Å². The molecule has 0 aliphatic heterocycles. The zero-order valence-electron chi connectivity index (χ0n) is 7.85. The number of nitrogens with two attached hydrogens (primary N) is 1. The fourth-order valence-electron chi connectivity index (χ4n) is 1.41. The Kier molecular flexibility index (Phi) is 3.09. The third-order valence-electron chi connectivity index (χ3n) is 2.23. The largest absolute Gasteiger partial charge is 0.508 e. The Balaban J connectivity index is 2.41. The molecule has 15 heavy (non-hydrogen) atoms. The number of thiophene rings is 1. The van der Waals surface area contributed by atoms with Gasteiger partial charge in [-0.1, -0.05) is 15.9 Å². The van der Waals surface area contributed by atoms with Gasteiger partial charge in [-0.2, -0.15) is 11.3 Å². The standard InChI is InChI=1S/C11H10BrNOS/c12-8-1-2-10(14)9(5-8)11(13)7-3-4-15-6-7/h1-6,11,14H,13H2/t11-/m0/s1. The van der Waals surface area contributed by atoms with Gasteiger partial charge in [0.2, 0.25) is 0 Å². The molecule has 0 aliphatic rings. The van der Waals surface area contributed by atoms with Crippen molar-refractivity contribution in [1.29, 1.82) is 0 Å². The first kappa shape index (κ1) is 10.7. The molecule has 2 rings (SSSR count). The van der Waals surface area contributed by atoms with E-state index in [0.717, 1.165) is 15.6 Å². The van der Waals surface area contributed by atoms with E-state index in [1.807, 2.05) is 22.9 Å². The normalized spacial score (nSPS) is 12.7. The molecule has 78 valence electrons. The van der Waals surface area contributed by atoms with Crippen molar-refractivity contribution in [3.63, 3.8) is 0 Å². The zero-order chi connectivity index (χ0) is 10.8. The number of aromatic hydroxyl groups is 1. The number of hydrogen-bond donors (Lipinski definition) is 2. The maximum atomic E-state index is 9.71. The highest BCUT2D eigenvalue weighted by atomic mass is 79.9. The van der Waals surface area contributed by atoms with Crippen LogP contribution >= 0.6 is 27.3 Å². The molecular formula is C11H10BrNOS. The zero-order valence-corrected chi connectivity index (χ0v) is 10.3. The molecule has 0 unspecified atom stereocenters. The first-order valence-corrected chi connectivity index (χ1v) is 6.18. The minimum atomic E-state index is -0.270. The lowest BCUT2D eigenvalue weighted by molar-refractivity contribution is 0.465. The average molecular weight is 284 g/mol. The van der Waals surface area contributed by atoms with E-state index in [9.17, 15) is 5.11 Å². The molecule has 1 heterocycles. The summed E-state index contributed by atoms with van der Waals surface area (Å²) in [5.41, 5.74) is 7.82. The molecule has 0 saturated carbocycles. The van der Waals surface area contributed by atoms with E-state index in [1.165, 1.54) is 0 Å². The Morgan fingerprint density at radius 1 is 1.33 bits per heavy atom. The van der Waals surface area contributed by atoms with Crippen LogP contribution < -0.4 is 5.73 Å². The minimum absolute atomic E-state index is 0.233. The van der Waals surface area contributed by atoms with Crippen molar-refractivity contribution in [1.82, 2.24) is 0 Å². The fraction of sp³-hybridized carbons (Fsp3) is 0.0909. The summed E-state index contributed by atoms with van der Waals surface area (Å²) in [6, 6.07) is 6.98. The van der Waals surface area contributed by atoms with Crippen LogP contribution in [0.15, 0.2) is 39.5 Å². The minimum Gasteiger partial charge on any atom is -0.508 e. The third-order valence-corrected chi connectivity index (χ3v) is 3.42. The number of phenols is 1. The van der Waals surface area contributed by atoms with E-state index in [4.69, 9.17) is 5.73 Å². The molecule has 3 N–H and O–H groups in total. The number of hydrogen-bond acceptors (Lipinski definition) is 3. The third kappa shape index (κ3) is 2.22. The van der Waals surface area contributed by atoms with Crippen LogP contribution in [0.1, 0.15) is 17.2 Å². The Labute approximate surface area is 100 Å². The van der Waals surface area contributed by atoms with Crippen LogP contribution in [0.25, 0.3) is 0 Å². The second-order valence-corrected chi connectivity index (χ2v) is 4.93. The Bertz CT molecular complexity index is 456. The summed E-state index contributed by atoms with van der Waals surface area (Å²) in [4.78, 5) is 0. The van der Waals surface area contributed by atoms with Crippen LogP contribution in [0.5, 0.6) is 5.75 Å². The van der Waals surface area contributed by atoms with Gasteiger partial charge in [0.25, 0.3) is 0 Å². The maximum Gasteiger partial charge on any atom is 0.120 e. The topological polar surface area (TPSA) is 46.2 Å². The van der Waals surface area contributed by atoms with Gasteiger partial charge in [0, 0.05) is 10.0 Å². The second-order valence-electron chi connectivity index (χ2n) is 3.24. The summed E-state index contributed by atoms with van der Waals surface area (Å²) < 4.78 is 0.918. The monoisotopic (exact) mass is 283 g/mol. The predicted molar refractivity (Wildman–Crippen MR) is 66.2 cm³/mol. The van der Waals surface area contributed by atoms with Crippen molar-refractivity contribution < 1.29 is 5.11 Å². The summed E-state index contributed by atoms with van der Waals surface area (Å²) in [6.45, 7) is 0. The molecule has 2 nitrogen and oxygen atoms in total. The smallest absolute Gasteiger partial charge is 0.120 e. The molecule has 1 atom stereocenters. The van der Waals surface area contributed by atoms with Crippen molar-refractivity contribution in [2.24, 2.45) is 5.73 Å². The molecule has 0 radical (unpaired) electrons. The van der Waals surface area contributed by atoms with Crippen LogP contribution in [-0.2, 0) is 0 Å². The first-order chi connectivity index (χ1) is 7.18. The van der Waals surface area contributed by atoms with Gasteiger partial charge >= 0.3 is 0 Å². The summed E-state index contributed by atoms with van der Waals surface area (Å²) >= 11 is 4.96. The quantitative estimate of drug-likeness (QED) is 0.889. The van der Waals surface area contributed by atoms with Gasteiger partial charge in [-0.25, -0.2) is 0 Å². The maximum absolute atomic E-state index is 9.71. The molecule has 0 amide bonds. The van der Waals surface area contributed by atoms with E-state index in [2.05, 4.69) is 15.9 Å². The fourth-order valence-corrected chi connectivity index (χ4v) is 2.48. The highest BCUT2D eigenvalue weighted by molar-refractivity contribution is 9.10. The second kappa shape index (κ2) is 4.35. The lowest BCUT2D eigenvalue weighted by Gasteiger charge is -2.12. The molecule has 0 spiro atoms. The average Bonchev–Trinajstić information content (AvgIpc) is 2.74. The highest BCUT2D eigenvalue weighted by Gasteiger charge is 2.13. The molecular weight excluding hydrogens is 274 g/mol. The van der Waals surface area contributed by atoms with Gasteiger partial charge in [-0.3, -0.25) is 0 Å². The van der Waals surface area contributed by atoms with Crippen molar-refractivity contribution in [3.05, 3.63) is 50.6 Å². The van der Waals surface area contributed by atoms with E-state index in [-0.39, 0.29) is 11.8 Å². The molecule has 1 aromatic carbocycles. The van der Waals surface area contributed by atoms with Gasteiger partial charge < -0.3 is 10.8 Å². The molecule has 0 saturated heterocycles. The van der Waals surface area contributed by atoms with Gasteiger partial charge in [-0.15, -0.1) is 0 Å². The van der Waals surface area contributed by atoms with Crippen molar-refractivity contribution in [3.8, 4) is 5.75 Å². The number of rotatable bonds is 2. The van der Waals surface area contributed by atoms with E-state index in [1.54, 1.807) is 23.5 Å². The lowest BCUT2D eigenvalue weighted by Crippen LogP contribution is -2.10. The lowest BCUT2D eigenvalue weighted by atomic mass is 10.0. The summed E-state index contributed by atoms with van der Waals surface area (Å²) in [5, 5.41) is 13.7. The summed E-state index contributed by atoms with van der Waals surface area (Å²) in [6.07, 6.45) is 0. The molecule has 0 fully saturated rings. The van der Waals surface area contributed by atoms with Gasteiger partial charge in [0.05, 0.1) is 6.04 Å². The Hall–Kier alpha value is -0.840. The Morgan fingerprint density at radius 2 is 2.13 bits per heavy atom. The number of benzene rings is 1. The van der Waals surface area contributed by atoms with Crippen molar-refractivity contribution >= 4 is 27.3 Å². The highest BCUT2D eigenvalue weighted by Crippen LogP contribution is 2.30. The van der Waals surface area contributed by atoms with E-state index >= 15 is 0 Å². The van der Waals surface area contributed by atoms with Crippen LogP contribution in [0.4, 0.5) is 0 Å². The van der Waals surface area contributed by atoms with Crippen LogP contribution in [-0.4, -0.2) is 5.11 Å². The SMILES string of the molecule is N[C@@H](c1ccsc1)c1cc(Br)ccc1O. The summed E-state index contributed by atoms with van der Waals surface area (Å²) in [7, 11) is 0.